The number of nitrogens with zero attached hydrogens (tertiary/aromatic N) is 3. The van der Waals surface area contributed by atoms with E-state index in [-0.39, 0.29) is 0 Å². The van der Waals surface area contributed by atoms with E-state index in [1.54, 1.807) is 0 Å². The van der Waals surface area contributed by atoms with Crippen LogP contribution in [-0.2, 0) is 0 Å². The molecule has 36 heavy (non-hydrogen) atoms. The Balaban J connectivity index is 1.52. The number of para-hydroxylation sites is 1. The van der Waals surface area contributed by atoms with Gasteiger partial charge in [-0.25, -0.2) is 0 Å². The van der Waals surface area contributed by atoms with E-state index in [0.29, 0.717) is 0 Å². The van der Waals surface area contributed by atoms with Crippen molar-refractivity contribution in [1.29, 1.82) is 0 Å². The Morgan fingerprint density at radius 3 is 2.39 bits per heavy atom. The van der Waals surface area contributed by atoms with Gasteiger partial charge in [0.15, 0.2) is 0 Å². The van der Waals surface area contributed by atoms with Crippen molar-refractivity contribution >= 4 is 49.8 Å². The molecule has 0 radical (unpaired) electrons. The Bertz CT molecular complexity index is 1940. The van der Waals surface area contributed by atoms with E-state index in [9.17, 15) is 0 Å². The monoisotopic (exact) mass is 461 g/mol. The van der Waals surface area contributed by atoms with Crippen LogP contribution in [0.25, 0.3) is 55.1 Å². The Morgan fingerprint density at radius 1 is 0.583 bits per heavy atom. The Morgan fingerprint density at radius 2 is 1.50 bits per heavy atom. The van der Waals surface area contributed by atoms with Crippen LogP contribution in [-0.4, -0.2) is 9.97 Å². The summed E-state index contributed by atoms with van der Waals surface area (Å²) in [7, 11) is 0. The van der Waals surface area contributed by atoms with E-state index in [0.717, 1.165) is 50.3 Å². The van der Waals surface area contributed by atoms with E-state index in [1.165, 1.54) is 21.9 Å². The van der Waals surface area contributed by atoms with Crippen LogP contribution in [0.4, 0.5) is 17.1 Å². The molecule has 7 aromatic rings. The number of hydrogen-bond donors (Lipinski definition) is 0. The summed E-state index contributed by atoms with van der Waals surface area (Å²) in [6, 6.07) is 33.8. The van der Waals surface area contributed by atoms with Crippen molar-refractivity contribution in [3.8, 4) is 22.4 Å². The molecular formula is C32H19N3O. The minimum Gasteiger partial charge on any atom is -0.456 e. The number of hydrogen-bond acceptors (Lipinski definition) is 4. The van der Waals surface area contributed by atoms with Gasteiger partial charge in [0.2, 0.25) is 0 Å². The van der Waals surface area contributed by atoms with E-state index in [2.05, 4.69) is 81.6 Å². The third-order valence-electron chi connectivity index (χ3n) is 7.13. The Kier molecular flexibility index (Phi) is 3.91. The molecule has 4 heterocycles. The van der Waals surface area contributed by atoms with Gasteiger partial charge in [0.1, 0.15) is 11.2 Å². The van der Waals surface area contributed by atoms with Crippen molar-refractivity contribution < 1.29 is 4.42 Å². The third kappa shape index (κ3) is 2.64. The average molecular weight is 462 g/mol. The zero-order valence-electron chi connectivity index (χ0n) is 19.2. The molecule has 0 atom stereocenters. The van der Waals surface area contributed by atoms with Crippen molar-refractivity contribution in [2.75, 3.05) is 4.90 Å². The second kappa shape index (κ2) is 7.27. The fraction of sp³-hybridized carbons (Fsp3) is 0. The van der Waals surface area contributed by atoms with Gasteiger partial charge in [-0.2, -0.15) is 0 Å². The maximum atomic E-state index is 6.29. The second-order valence-electron chi connectivity index (χ2n) is 9.09. The van der Waals surface area contributed by atoms with Gasteiger partial charge in [0.25, 0.3) is 0 Å². The summed E-state index contributed by atoms with van der Waals surface area (Å²) in [5, 5.41) is 4.64. The number of pyridine rings is 2. The lowest BCUT2D eigenvalue weighted by molar-refractivity contribution is 0.669. The lowest BCUT2D eigenvalue weighted by atomic mass is 9.87. The molecule has 0 spiro atoms. The van der Waals surface area contributed by atoms with E-state index >= 15 is 0 Å². The number of fused-ring (bicyclic) bond motifs is 5. The Hall–Kier alpha value is -4.96. The van der Waals surface area contributed by atoms with Gasteiger partial charge in [0.05, 0.1) is 29.0 Å². The smallest absolute Gasteiger partial charge is 0.137 e. The number of furan rings is 1. The topological polar surface area (TPSA) is 42.2 Å². The van der Waals surface area contributed by atoms with Crippen LogP contribution in [0.3, 0.4) is 0 Å². The maximum Gasteiger partial charge on any atom is 0.137 e. The van der Waals surface area contributed by atoms with Gasteiger partial charge in [-0.1, -0.05) is 48.5 Å². The van der Waals surface area contributed by atoms with Gasteiger partial charge in [-0.3, -0.25) is 9.97 Å². The minimum absolute atomic E-state index is 0.879. The summed E-state index contributed by atoms with van der Waals surface area (Å²) in [5.41, 5.74) is 9.47. The second-order valence-corrected chi connectivity index (χ2v) is 9.09. The predicted molar refractivity (Wildman–Crippen MR) is 146 cm³/mol. The summed E-state index contributed by atoms with van der Waals surface area (Å²) in [5.74, 6) is 0. The van der Waals surface area contributed by atoms with Crippen LogP contribution in [0, 0.1) is 0 Å². The highest BCUT2D eigenvalue weighted by molar-refractivity contribution is 6.19. The minimum atomic E-state index is 0.879. The summed E-state index contributed by atoms with van der Waals surface area (Å²) in [4.78, 5) is 11.4. The van der Waals surface area contributed by atoms with Gasteiger partial charge >= 0.3 is 0 Å². The number of benzene rings is 4. The SMILES string of the molecule is c1ccc(-c2ccc3c4c(cccc24)-c2cc4c(cc2N3c2cccnc2)oc2ccccc24)nc1. The fourth-order valence-corrected chi connectivity index (χ4v) is 5.60. The van der Waals surface area contributed by atoms with Crippen LogP contribution in [0.15, 0.2) is 120 Å². The average Bonchev–Trinajstić information content (AvgIpc) is 3.31. The Labute approximate surface area is 207 Å². The molecule has 1 aliphatic heterocycles. The third-order valence-corrected chi connectivity index (χ3v) is 7.13. The summed E-state index contributed by atoms with van der Waals surface area (Å²) >= 11 is 0. The summed E-state index contributed by atoms with van der Waals surface area (Å²) in [6.07, 6.45) is 5.58. The predicted octanol–water partition coefficient (Wildman–Crippen LogP) is 8.65. The van der Waals surface area contributed by atoms with Gasteiger partial charge in [-0.05, 0) is 53.4 Å². The van der Waals surface area contributed by atoms with Gasteiger partial charge in [-0.15, -0.1) is 0 Å². The van der Waals surface area contributed by atoms with Crippen LogP contribution in [0.1, 0.15) is 0 Å². The fourth-order valence-electron chi connectivity index (χ4n) is 5.60. The van der Waals surface area contributed by atoms with Crippen LogP contribution >= 0.6 is 0 Å². The summed E-state index contributed by atoms with van der Waals surface area (Å²) in [6.45, 7) is 0. The molecule has 0 saturated heterocycles. The summed E-state index contributed by atoms with van der Waals surface area (Å²) < 4.78 is 6.29. The van der Waals surface area contributed by atoms with Crippen LogP contribution in [0.2, 0.25) is 0 Å². The first-order chi connectivity index (χ1) is 17.9. The zero-order chi connectivity index (χ0) is 23.6. The van der Waals surface area contributed by atoms with Crippen molar-refractivity contribution in [2.45, 2.75) is 0 Å². The highest BCUT2D eigenvalue weighted by atomic mass is 16.3. The highest BCUT2D eigenvalue weighted by Gasteiger charge is 2.28. The molecule has 0 fully saturated rings. The molecule has 168 valence electrons. The number of aromatic nitrogens is 2. The standard InChI is InChI=1S/C32H19N3O/c1-2-12-30-22(8-1)26-17-25-24-10-5-9-23-21(27-11-3-4-16-34-27)13-14-28(32(23)24)35(20-7-6-15-33-19-20)29(25)18-31(26)36-30/h1-19H. The molecule has 8 rings (SSSR count). The lowest BCUT2D eigenvalue weighted by Gasteiger charge is -2.33. The number of rotatable bonds is 2. The first-order valence-electron chi connectivity index (χ1n) is 12.0. The van der Waals surface area contributed by atoms with E-state index < -0.39 is 0 Å². The first-order valence-corrected chi connectivity index (χ1v) is 12.0. The van der Waals surface area contributed by atoms with Crippen molar-refractivity contribution in [3.63, 3.8) is 0 Å². The maximum absolute atomic E-state index is 6.29. The van der Waals surface area contributed by atoms with E-state index in [4.69, 9.17) is 4.42 Å². The quantitative estimate of drug-likeness (QED) is 0.258. The molecule has 3 aromatic heterocycles. The molecule has 4 nitrogen and oxygen atoms in total. The molecule has 1 aliphatic rings. The molecule has 0 N–H and O–H groups in total. The molecule has 0 saturated carbocycles. The van der Waals surface area contributed by atoms with E-state index in [1.807, 2.05) is 48.9 Å². The zero-order valence-corrected chi connectivity index (χ0v) is 19.2. The van der Waals surface area contributed by atoms with Crippen molar-refractivity contribution in [1.82, 2.24) is 9.97 Å². The molecule has 0 bridgehead atoms. The lowest BCUT2D eigenvalue weighted by Crippen LogP contribution is -2.15. The van der Waals surface area contributed by atoms with Crippen LogP contribution < -0.4 is 4.90 Å². The largest absolute Gasteiger partial charge is 0.456 e. The molecule has 0 amide bonds. The normalized spacial score (nSPS) is 12.4. The molecular weight excluding hydrogens is 442 g/mol. The van der Waals surface area contributed by atoms with Gasteiger partial charge < -0.3 is 9.32 Å². The number of anilines is 3. The molecule has 0 aliphatic carbocycles. The molecule has 0 unspecified atom stereocenters. The highest BCUT2D eigenvalue weighted by Crippen LogP contribution is 2.53. The first kappa shape index (κ1) is 19.4. The van der Waals surface area contributed by atoms with Gasteiger partial charge in [0, 0.05) is 45.7 Å². The van der Waals surface area contributed by atoms with Crippen LogP contribution in [0.5, 0.6) is 0 Å². The molecule has 4 aromatic carbocycles. The van der Waals surface area contributed by atoms with Crippen molar-refractivity contribution in [2.24, 2.45) is 0 Å². The van der Waals surface area contributed by atoms with Crippen molar-refractivity contribution in [3.05, 3.63) is 116 Å². The molecule has 4 heteroatoms.